The maximum absolute atomic E-state index is 5.98. The molecule has 0 spiro atoms. The minimum Gasteiger partial charge on any atom is -0.314 e. The lowest BCUT2D eigenvalue weighted by Gasteiger charge is -2.28. The Morgan fingerprint density at radius 3 is 2.31 bits per heavy atom. The molecule has 0 bridgehead atoms. The number of hydrazine groups is 1. The molecule has 90 valence electrons. The van der Waals surface area contributed by atoms with E-state index in [1.165, 1.54) is 16.8 Å². The van der Waals surface area contributed by atoms with Crippen LogP contribution in [0.3, 0.4) is 0 Å². The Labute approximate surface area is 99.4 Å². The van der Waals surface area contributed by atoms with Crippen LogP contribution in [-0.2, 0) is 11.8 Å². The van der Waals surface area contributed by atoms with Gasteiger partial charge in [0, 0.05) is 7.05 Å². The Morgan fingerprint density at radius 1 is 1.25 bits per heavy atom. The summed E-state index contributed by atoms with van der Waals surface area (Å²) in [7, 11) is 1.92. The maximum atomic E-state index is 5.98. The largest absolute Gasteiger partial charge is 0.314 e. The van der Waals surface area contributed by atoms with E-state index in [0.717, 1.165) is 12.8 Å². The molecule has 0 fully saturated rings. The highest BCUT2D eigenvalue weighted by Crippen LogP contribution is 2.33. The molecule has 0 heterocycles. The molecule has 2 heteroatoms. The van der Waals surface area contributed by atoms with Crippen LogP contribution in [0.5, 0.6) is 0 Å². The van der Waals surface area contributed by atoms with Gasteiger partial charge in [0.25, 0.3) is 0 Å². The van der Waals surface area contributed by atoms with Crippen LogP contribution in [0.1, 0.15) is 45.2 Å². The van der Waals surface area contributed by atoms with Gasteiger partial charge in [-0.3, -0.25) is 0 Å². The number of nitrogens with two attached hydrogens (primary N) is 1. The molecule has 2 N–H and O–H groups in total. The Morgan fingerprint density at radius 2 is 1.88 bits per heavy atom. The fraction of sp³-hybridized carbons (Fsp3) is 0.571. The zero-order valence-corrected chi connectivity index (χ0v) is 11.2. The minimum absolute atomic E-state index is 0.132. The summed E-state index contributed by atoms with van der Waals surface area (Å²) in [6.45, 7) is 8.88. The fourth-order valence-electron chi connectivity index (χ4n) is 2.08. The van der Waals surface area contributed by atoms with Crippen LogP contribution >= 0.6 is 0 Å². The molecule has 0 atom stereocenters. The first-order chi connectivity index (χ1) is 7.38. The molecule has 0 aliphatic rings. The smallest absolute Gasteiger partial charge is 0.0583 e. The van der Waals surface area contributed by atoms with Gasteiger partial charge in [0.2, 0.25) is 0 Å². The van der Waals surface area contributed by atoms with Gasteiger partial charge in [-0.2, -0.15) is 0 Å². The van der Waals surface area contributed by atoms with Crippen LogP contribution in [0.4, 0.5) is 5.69 Å². The van der Waals surface area contributed by atoms with Crippen molar-refractivity contribution in [2.75, 3.05) is 12.1 Å². The van der Waals surface area contributed by atoms with E-state index >= 15 is 0 Å². The topological polar surface area (TPSA) is 29.3 Å². The monoisotopic (exact) mass is 220 g/mol. The lowest BCUT2D eigenvalue weighted by molar-refractivity contribution is 0.587. The van der Waals surface area contributed by atoms with Crippen LogP contribution in [0.25, 0.3) is 0 Å². The highest BCUT2D eigenvalue weighted by atomic mass is 15.4. The Kier molecular flexibility index (Phi) is 3.98. The number of aryl methyl sites for hydroxylation is 1. The van der Waals surface area contributed by atoms with Crippen LogP contribution in [-0.4, -0.2) is 7.05 Å². The SMILES string of the molecule is CCCc1cccc(C(C)(C)C)c1N(C)N. The van der Waals surface area contributed by atoms with Crippen molar-refractivity contribution in [2.45, 2.75) is 46.0 Å². The van der Waals surface area contributed by atoms with Crippen molar-refractivity contribution in [1.29, 1.82) is 0 Å². The number of benzene rings is 1. The van der Waals surface area contributed by atoms with E-state index in [4.69, 9.17) is 5.84 Å². The van der Waals surface area contributed by atoms with Crippen molar-refractivity contribution in [3.05, 3.63) is 29.3 Å². The van der Waals surface area contributed by atoms with Crippen LogP contribution in [0.2, 0.25) is 0 Å². The summed E-state index contributed by atoms with van der Waals surface area (Å²) in [5.41, 5.74) is 3.99. The average molecular weight is 220 g/mol. The molecule has 0 aliphatic carbocycles. The van der Waals surface area contributed by atoms with Gasteiger partial charge in [-0.1, -0.05) is 52.3 Å². The van der Waals surface area contributed by atoms with Crippen molar-refractivity contribution >= 4 is 5.69 Å². The van der Waals surface area contributed by atoms with Crippen molar-refractivity contribution in [1.82, 2.24) is 0 Å². The Balaban J connectivity index is 3.33. The van der Waals surface area contributed by atoms with Crippen LogP contribution < -0.4 is 10.9 Å². The van der Waals surface area contributed by atoms with Crippen molar-refractivity contribution in [2.24, 2.45) is 5.84 Å². The predicted octanol–water partition coefficient (Wildman–Crippen LogP) is 3.25. The van der Waals surface area contributed by atoms with Gasteiger partial charge in [0.1, 0.15) is 0 Å². The highest BCUT2D eigenvalue weighted by Gasteiger charge is 2.20. The molecule has 1 aromatic rings. The highest BCUT2D eigenvalue weighted by molar-refractivity contribution is 5.60. The van der Waals surface area contributed by atoms with Gasteiger partial charge < -0.3 is 5.01 Å². The first kappa shape index (κ1) is 13.0. The second-order valence-electron chi connectivity index (χ2n) is 5.42. The molecule has 0 radical (unpaired) electrons. The van der Waals surface area contributed by atoms with E-state index in [2.05, 4.69) is 45.9 Å². The third kappa shape index (κ3) is 2.76. The summed E-state index contributed by atoms with van der Waals surface area (Å²) in [6, 6.07) is 6.49. The summed E-state index contributed by atoms with van der Waals surface area (Å²) >= 11 is 0. The number of anilines is 1. The third-order valence-electron chi connectivity index (χ3n) is 2.80. The molecule has 16 heavy (non-hydrogen) atoms. The number of nitrogens with zero attached hydrogens (tertiary/aromatic N) is 1. The van der Waals surface area contributed by atoms with Gasteiger partial charge in [0.15, 0.2) is 0 Å². The molecule has 0 saturated carbocycles. The fourth-order valence-corrected chi connectivity index (χ4v) is 2.08. The van der Waals surface area contributed by atoms with Crippen LogP contribution in [0.15, 0.2) is 18.2 Å². The van der Waals surface area contributed by atoms with E-state index in [1.807, 2.05) is 7.05 Å². The van der Waals surface area contributed by atoms with Gasteiger partial charge in [-0.25, -0.2) is 5.84 Å². The number of hydrogen-bond donors (Lipinski definition) is 1. The second kappa shape index (κ2) is 4.88. The second-order valence-corrected chi connectivity index (χ2v) is 5.42. The van der Waals surface area contributed by atoms with Gasteiger partial charge in [-0.05, 0) is 23.0 Å². The van der Waals surface area contributed by atoms with Crippen molar-refractivity contribution in [3.8, 4) is 0 Å². The van der Waals surface area contributed by atoms with Gasteiger partial charge >= 0.3 is 0 Å². The summed E-state index contributed by atoms with van der Waals surface area (Å²) < 4.78 is 0. The zero-order chi connectivity index (χ0) is 12.3. The van der Waals surface area contributed by atoms with Gasteiger partial charge in [0.05, 0.1) is 5.69 Å². The molecule has 0 aliphatic heterocycles. The van der Waals surface area contributed by atoms with Crippen molar-refractivity contribution < 1.29 is 0 Å². The van der Waals surface area contributed by atoms with Crippen molar-refractivity contribution in [3.63, 3.8) is 0 Å². The molecule has 0 aromatic heterocycles. The Hall–Kier alpha value is -1.02. The number of rotatable bonds is 3. The maximum Gasteiger partial charge on any atom is 0.0583 e. The lowest BCUT2D eigenvalue weighted by Crippen LogP contribution is -2.30. The molecule has 2 nitrogen and oxygen atoms in total. The Bertz CT molecular complexity index is 348. The van der Waals surface area contributed by atoms with E-state index in [0.29, 0.717) is 0 Å². The summed E-state index contributed by atoms with van der Waals surface area (Å²) in [5.74, 6) is 5.98. The lowest BCUT2D eigenvalue weighted by atomic mass is 9.84. The molecule has 1 rings (SSSR count). The summed E-state index contributed by atoms with van der Waals surface area (Å²) in [5, 5.41) is 1.76. The first-order valence-electron chi connectivity index (χ1n) is 5.98. The summed E-state index contributed by atoms with van der Waals surface area (Å²) in [4.78, 5) is 0. The molecule has 0 amide bonds. The predicted molar refractivity (Wildman–Crippen MR) is 71.7 cm³/mol. The van der Waals surface area contributed by atoms with Gasteiger partial charge in [-0.15, -0.1) is 0 Å². The first-order valence-corrected chi connectivity index (χ1v) is 5.98. The molecule has 0 saturated heterocycles. The third-order valence-corrected chi connectivity index (χ3v) is 2.80. The normalized spacial score (nSPS) is 11.6. The molecule has 0 unspecified atom stereocenters. The van der Waals surface area contributed by atoms with E-state index < -0.39 is 0 Å². The van der Waals surface area contributed by atoms with E-state index in [1.54, 1.807) is 5.01 Å². The standard InChI is InChI=1S/C14H24N2/c1-6-8-11-9-7-10-12(14(2,3)4)13(11)16(5)15/h7,9-10H,6,8,15H2,1-5H3. The zero-order valence-electron chi connectivity index (χ0n) is 11.2. The number of para-hydroxylation sites is 1. The van der Waals surface area contributed by atoms with E-state index in [9.17, 15) is 0 Å². The quantitative estimate of drug-likeness (QED) is 0.626. The molecular formula is C14H24N2. The van der Waals surface area contributed by atoms with Crippen LogP contribution in [0, 0.1) is 0 Å². The molecule has 1 aromatic carbocycles. The molecular weight excluding hydrogens is 196 g/mol. The van der Waals surface area contributed by atoms with E-state index in [-0.39, 0.29) is 5.41 Å². The number of hydrogen-bond acceptors (Lipinski definition) is 2. The minimum atomic E-state index is 0.132. The average Bonchev–Trinajstić information content (AvgIpc) is 2.16. The summed E-state index contributed by atoms with van der Waals surface area (Å²) in [6.07, 6.45) is 2.23.